The van der Waals surface area contributed by atoms with E-state index in [1.54, 1.807) is 13.1 Å². The molecule has 1 atom stereocenters. The van der Waals surface area contributed by atoms with Gasteiger partial charge in [-0.25, -0.2) is 4.98 Å². The molecule has 2 rings (SSSR count). The number of nitrogen functional groups attached to an aromatic ring is 1. The lowest BCUT2D eigenvalue weighted by molar-refractivity contribution is -0.385. The number of nitrogens with zero attached hydrogens (tertiary/aromatic N) is 2. The van der Waals surface area contributed by atoms with Crippen LogP contribution in [0.3, 0.4) is 0 Å². The van der Waals surface area contributed by atoms with Gasteiger partial charge < -0.3 is 11.1 Å². The molecule has 3 N–H and O–H groups in total. The van der Waals surface area contributed by atoms with Crippen molar-refractivity contribution in [3.63, 3.8) is 0 Å². The van der Waals surface area contributed by atoms with Gasteiger partial charge in [-0.1, -0.05) is 13.0 Å². The molecular formula is C14H16N4O3S. The largest absolute Gasteiger partial charge is 0.398 e. The first-order valence-electron chi connectivity index (χ1n) is 6.72. The number of amides is 1. The van der Waals surface area contributed by atoms with E-state index in [1.165, 1.54) is 29.5 Å². The van der Waals surface area contributed by atoms with Crippen LogP contribution in [-0.4, -0.2) is 15.8 Å². The third kappa shape index (κ3) is 3.22. The summed E-state index contributed by atoms with van der Waals surface area (Å²) < 4.78 is 0. The van der Waals surface area contributed by atoms with Crippen molar-refractivity contribution in [2.75, 3.05) is 5.73 Å². The van der Waals surface area contributed by atoms with Crippen molar-refractivity contribution < 1.29 is 9.72 Å². The SMILES string of the molecule is CCc1cnc([C@H](C)NC(=O)c2c(N)cccc2[N+](=O)[O-])s1. The molecule has 1 amide bonds. The minimum Gasteiger partial charge on any atom is -0.398 e. The minimum absolute atomic E-state index is 0.0762. The minimum atomic E-state index is -0.617. The Labute approximate surface area is 131 Å². The second-order valence-corrected chi connectivity index (χ2v) is 5.86. The number of anilines is 1. The highest BCUT2D eigenvalue weighted by Crippen LogP contribution is 2.26. The fraction of sp³-hybridized carbons (Fsp3) is 0.286. The summed E-state index contributed by atoms with van der Waals surface area (Å²) in [4.78, 5) is 28.1. The van der Waals surface area contributed by atoms with Crippen LogP contribution < -0.4 is 11.1 Å². The molecule has 0 spiro atoms. The fourth-order valence-corrected chi connectivity index (χ4v) is 2.83. The van der Waals surface area contributed by atoms with E-state index in [1.807, 2.05) is 6.92 Å². The highest BCUT2D eigenvalue weighted by atomic mass is 32.1. The predicted octanol–water partition coefficient (Wildman–Crippen LogP) is 2.69. The van der Waals surface area contributed by atoms with Gasteiger partial charge in [0.15, 0.2) is 0 Å². The number of aromatic nitrogens is 1. The summed E-state index contributed by atoms with van der Waals surface area (Å²) in [6, 6.07) is 3.82. The summed E-state index contributed by atoms with van der Waals surface area (Å²) in [5, 5.41) is 14.5. The van der Waals surface area contributed by atoms with Gasteiger partial charge in [0.1, 0.15) is 10.6 Å². The van der Waals surface area contributed by atoms with Gasteiger partial charge in [-0.2, -0.15) is 0 Å². The third-order valence-electron chi connectivity index (χ3n) is 3.14. The van der Waals surface area contributed by atoms with Gasteiger partial charge in [-0.05, 0) is 19.4 Å². The van der Waals surface area contributed by atoms with Crippen LogP contribution in [0.15, 0.2) is 24.4 Å². The van der Waals surface area contributed by atoms with Crippen molar-refractivity contribution in [1.82, 2.24) is 10.3 Å². The molecule has 0 aliphatic heterocycles. The molecule has 116 valence electrons. The van der Waals surface area contributed by atoms with Crippen LogP contribution in [0, 0.1) is 10.1 Å². The molecule has 22 heavy (non-hydrogen) atoms. The number of thiazole rings is 1. The summed E-state index contributed by atoms with van der Waals surface area (Å²) in [6.07, 6.45) is 2.64. The van der Waals surface area contributed by atoms with Crippen LogP contribution in [0.5, 0.6) is 0 Å². The Morgan fingerprint density at radius 1 is 1.55 bits per heavy atom. The number of nitrogens with one attached hydrogen (secondary N) is 1. The maximum absolute atomic E-state index is 12.3. The number of carbonyl (C=O) groups excluding carboxylic acids is 1. The smallest absolute Gasteiger partial charge is 0.284 e. The molecule has 0 saturated heterocycles. The molecule has 8 heteroatoms. The number of hydrogen-bond donors (Lipinski definition) is 2. The van der Waals surface area contributed by atoms with Crippen LogP contribution in [0.25, 0.3) is 0 Å². The molecule has 1 aromatic carbocycles. The van der Waals surface area contributed by atoms with Gasteiger partial charge in [-0.15, -0.1) is 11.3 Å². The Morgan fingerprint density at radius 3 is 2.86 bits per heavy atom. The number of hydrogen-bond acceptors (Lipinski definition) is 6. The number of benzene rings is 1. The molecule has 2 aromatic rings. The van der Waals surface area contributed by atoms with Crippen LogP contribution in [0.1, 0.15) is 40.1 Å². The monoisotopic (exact) mass is 320 g/mol. The van der Waals surface area contributed by atoms with E-state index >= 15 is 0 Å². The predicted molar refractivity (Wildman–Crippen MR) is 84.9 cm³/mol. The summed E-state index contributed by atoms with van der Waals surface area (Å²) in [7, 11) is 0. The molecule has 0 saturated carbocycles. The van der Waals surface area contributed by atoms with Gasteiger partial charge in [0.25, 0.3) is 11.6 Å². The number of nitrogens with two attached hydrogens (primary N) is 1. The zero-order valence-electron chi connectivity index (χ0n) is 12.2. The van der Waals surface area contributed by atoms with Crippen molar-refractivity contribution >= 4 is 28.6 Å². The molecule has 1 aromatic heterocycles. The van der Waals surface area contributed by atoms with Gasteiger partial charge in [0.05, 0.1) is 16.7 Å². The Hall–Kier alpha value is -2.48. The Bertz CT molecular complexity index is 714. The van der Waals surface area contributed by atoms with Gasteiger partial charge >= 0.3 is 0 Å². The number of aryl methyl sites for hydroxylation is 1. The maximum atomic E-state index is 12.3. The van der Waals surface area contributed by atoms with Gasteiger partial charge in [0, 0.05) is 17.1 Å². The van der Waals surface area contributed by atoms with E-state index in [-0.39, 0.29) is 23.0 Å². The summed E-state index contributed by atoms with van der Waals surface area (Å²) >= 11 is 1.50. The molecule has 0 radical (unpaired) electrons. The summed E-state index contributed by atoms with van der Waals surface area (Å²) in [6.45, 7) is 3.80. The summed E-state index contributed by atoms with van der Waals surface area (Å²) in [5.41, 5.74) is 5.37. The van der Waals surface area contributed by atoms with E-state index in [2.05, 4.69) is 10.3 Å². The van der Waals surface area contributed by atoms with Crippen molar-refractivity contribution in [1.29, 1.82) is 0 Å². The van der Waals surface area contributed by atoms with E-state index < -0.39 is 10.8 Å². The second-order valence-electron chi connectivity index (χ2n) is 4.71. The van der Waals surface area contributed by atoms with Crippen LogP contribution in [0.4, 0.5) is 11.4 Å². The first-order chi connectivity index (χ1) is 10.4. The van der Waals surface area contributed by atoms with Crippen molar-refractivity contribution in [2.24, 2.45) is 0 Å². The lowest BCUT2D eigenvalue weighted by Crippen LogP contribution is -2.28. The molecular weight excluding hydrogens is 304 g/mol. The molecule has 7 nitrogen and oxygen atoms in total. The van der Waals surface area contributed by atoms with Gasteiger partial charge in [-0.3, -0.25) is 14.9 Å². The standard InChI is InChI=1S/C14H16N4O3S/c1-3-9-7-16-14(22-9)8(2)17-13(19)12-10(15)5-4-6-11(12)18(20)21/h4-8H,3,15H2,1-2H3,(H,17,19)/t8-/m0/s1. The highest BCUT2D eigenvalue weighted by Gasteiger charge is 2.24. The van der Waals surface area contributed by atoms with Crippen LogP contribution in [0.2, 0.25) is 0 Å². The van der Waals surface area contributed by atoms with Crippen molar-refractivity contribution in [3.8, 4) is 0 Å². The van der Waals surface area contributed by atoms with Crippen molar-refractivity contribution in [2.45, 2.75) is 26.3 Å². The number of rotatable bonds is 5. The van der Waals surface area contributed by atoms with E-state index in [0.29, 0.717) is 0 Å². The number of nitro groups is 1. The molecule has 0 fully saturated rings. The van der Waals surface area contributed by atoms with Crippen molar-refractivity contribution in [3.05, 3.63) is 50.0 Å². The summed E-state index contributed by atoms with van der Waals surface area (Å²) in [5.74, 6) is -0.578. The molecule has 0 unspecified atom stereocenters. The quantitative estimate of drug-likeness (QED) is 0.500. The lowest BCUT2D eigenvalue weighted by atomic mass is 10.1. The third-order valence-corrected chi connectivity index (χ3v) is 4.46. The van der Waals surface area contributed by atoms with E-state index in [4.69, 9.17) is 5.73 Å². The zero-order chi connectivity index (χ0) is 16.3. The molecule has 0 bridgehead atoms. The normalized spacial score (nSPS) is 11.9. The fourth-order valence-electron chi connectivity index (χ4n) is 1.97. The molecule has 0 aliphatic rings. The molecule has 0 aliphatic carbocycles. The topological polar surface area (TPSA) is 111 Å². The van der Waals surface area contributed by atoms with E-state index in [9.17, 15) is 14.9 Å². The highest BCUT2D eigenvalue weighted by molar-refractivity contribution is 7.11. The Balaban J connectivity index is 2.24. The average molecular weight is 320 g/mol. The molecule has 1 heterocycles. The Morgan fingerprint density at radius 2 is 2.27 bits per heavy atom. The first kappa shape index (κ1) is 15.9. The zero-order valence-corrected chi connectivity index (χ0v) is 13.0. The first-order valence-corrected chi connectivity index (χ1v) is 7.54. The van der Waals surface area contributed by atoms with Crippen LogP contribution in [-0.2, 0) is 6.42 Å². The van der Waals surface area contributed by atoms with E-state index in [0.717, 1.165) is 16.3 Å². The number of nitro benzene ring substituents is 1. The Kier molecular flexibility index (Phi) is 4.71. The maximum Gasteiger partial charge on any atom is 0.284 e. The number of carbonyl (C=O) groups is 1. The second kappa shape index (κ2) is 6.52. The lowest BCUT2D eigenvalue weighted by Gasteiger charge is -2.12. The van der Waals surface area contributed by atoms with Gasteiger partial charge in [0.2, 0.25) is 0 Å². The van der Waals surface area contributed by atoms with Crippen LogP contribution >= 0.6 is 11.3 Å². The average Bonchev–Trinajstić information content (AvgIpc) is 2.95.